The zero-order chi connectivity index (χ0) is 14.0. The monoisotopic (exact) mass is 301 g/mol. The largest absolute Gasteiger partial charge is 0.321 e. The number of hydrogen-bond acceptors (Lipinski definition) is 1. The van der Waals surface area contributed by atoms with Gasteiger partial charge in [-0.3, -0.25) is 4.79 Å². The van der Waals surface area contributed by atoms with E-state index in [1.807, 2.05) is 0 Å². The molecule has 0 aliphatic carbocycles. The number of benzene rings is 2. The van der Waals surface area contributed by atoms with E-state index in [0.29, 0.717) is 0 Å². The van der Waals surface area contributed by atoms with Gasteiger partial charge in [0.15, 0.2) is 0 Å². The Balaban J connectivity index is 2.25. The van der Waals surface area contributed by atoms with E-state index in [1.54, 1.807) is 0 Å². The molecule has 1 amide bonds. The molecule has 2 aromatic rings. The summed E-state index contributed by atoms with van der Waals surface area (Å²) < 4.78 is 25.7. The Labute approximate surface area is 118 Å². The minimum absolute atomic E-state index is 0.0178. The Bertz CT molecular complexity index is 647. The number of rotatable bonds is 2. The predicted molar refractivity (Wildman–Crippen MR) is 70.8 cm³/mol. The van der Waals surface area contributed by atoms with Gasteiger partial charge in [-0.2, -0.15) is 0 Å². The second kappa shape index (κ2) is 5.55. The zero-order valence-corrected chi connectivity index (χ0v) is 10.9. The van der Waals surface area contributed by atoms with Gasteiger partial charge in [-0.05, 0) is 36.4 Å². The van der Waals surface area contributed by atoms with E-state index in [0.717, 1.165) is 24.3 Å². The first-order valence-corrected chi connectivity index (χ1v) is 5.94. The molecular formula is C13H7Cl2F2NO. The van der Waals surface area contributed by atoms with Gasteiger partial charge in [0.2, 0.25) is 0 Å². The molecule has 0 saturated heterocycles. The third-order valence-corrected chi connectivity index (χ3v) is 2.98. The Morgan fingerprint density at radius 1 is 0.947 bits per heavy atom. The fourth-order valence-electron chi connectivity index (χ4n) is 1.45. The quantitative estimate of drug-likeness (QED) is 0.868. The van der Waals surface area contributed by atoms with Crippen molar-refractivity contribution in [2.45, 2.75) is 0 Å². The summed E-state index contributed by atoms with van der Waals surface area (Å²) in [5.41, 5.74) is 0.344. The van der Waals surface area contributed by atoms with Crippen LogP contribution in [0, 0.1) is 11.6 Å². The Kier molecular flexibility index (Phi) is 4.02. The SMILES string of the molecule is O=C(Nc1ccc(F)cc1Cl)c1ccc(F)cc1Cl. The molecule has 19 heavy (non-hydrogen) atoms. The summed E-state index contributed by atoms with van der Waals surface area (Å²) >= 11 is 11.5. The third-order valence-electron chi connectivity index (χ3n) is 2.36. The molecular weight excluding hydrogens is 295 g/mol. The predicted octanol–water partition coefficient (Wildman–Crippen LogP) is 4.52. The average molecular weight is 302 g/mol. The van der Waals surface area contributed by atoms with Gasteiger partial charge in [0.25, 0.3) is 5.91 Å². The van der Waals surface area contributed by atoms with Crippen molar-refractivity contribution >= 4 is 34.8 Å². The van der Waals surface area contributed by atoms with E-state index in [1.165, 1.54) is 12.1 Å². The molecule has 0 spiro atoms. The Hall–Kier alpha value is -1.65. The first kappa shape index (κ1) is 13.8. The first-order valence-electron chi connectivity index (χ1n) is 5.19. The van der Waals surface area contributed by atoms with Gasteiger partial charge in [0, 0.05) is 0 Å². The number of nitrogens with one attached hydrogen (secondary N) is 1. The summed E-state index contributed by atoms with van der Waals surface area (Å²) in [4.78, 5) is 11.9. The van der Waals surface area contributed by atoms with Crippen molar-refractivity contribution in [3.05, 3.63) is 63.6 Å². The number of halogens is 4. The molecule has 0 unspecified atom stereocenters. The van der Waals surface area contributed by atoms with Crippen molar-refractivity contribution in [3.63, 3.8) is 0 Å². The minimum atomic E-state index is -0.557. The van der Waals surface area contributed by atoms with Crippen molar-refractivity contribution in [2.75, 3.05) is 5.32 Å². The maximum Gasteiger partial charge on any atom is 0.257 e. The van der Waals surface area contributed by atoms with Crippen LogP contribution >= 0.6 is 23.2 Å². The lowest BCUT2D eigenvalue weighted by Crippen LogP contribution is -2.13. The molecule has 0 radical (unpaired) electrons. The number of hydrogen-bond donors (Lipinski definition) is 1. The number of amides is 1. The molecule has 0 aliphatic heterocycles. The molecule has 2 aromatic carbocycles. The molecule has 0 heterocycles. The van der Waals surface area contributed by atoms with Gasteiger partial charge < -0.3 is 5.32 Å². The summed E-state index contributed by atoms with van der Waals surface area (Å²) in [5.74, 6) is -1.61. The van der Waals surface area contributed by atoms with E-state index in [2.05, 4.69) is 5.32 Å². The molecule has 0 bridgehead atoms. The van der Waals surface area contributed by atoms with E-state index >= 15 is 0 Å². The van der Waals surface area contributed by atoms with Crippen LogP contribution in [0.5, 0.6) is 0 Å². The van der Waals surface area contributed by atoms with E-state index in [4.69, 9.17) is 23.2 Å². The van der Waals surface area contributed by atoms with Gasteiger partial charge in [0.1, 0.15) is 11.6 Å². The minimum Gasteiger partial charge on any atom is -0.321 e. The summed E-state index contributed by atoms with van der Waals surface area (Å²) in [6.07, 6.45) is 0. The number of anilines is 1. The molecule has 0 aromatic heterocycles. The number of carbonyl (C=O) groups excluding carboxylic acids is 1. The zero-order valence-electron chi connectivity index (χ0n) is 9.38. The summed E-state index contributed by atoms with van der Waals surface area (Å²) in [5, 5.41) is 2.51. The van der Waals surface area contributed by atoms with Crippen molar-refractivity contribution in [1.82, 2.24) is 0 Å². The topological polar surface area (TPSA) is 29.1 Å². The summed E-state index contributed by atoms with van der Waals surface area (Å²) in [6, 6.07) is 6.96. The molecule has 0 atom stereocenters. The summed E-state index contributed by atoms with van der Waals surface area (Å²) in [7, 11) is 0. The second-order valence-electron chi connectivity index (χ2n) is 3.70. The van der Waals surface area contributed by atoms with Crippen LogP contribution in [0.4, 0.5) is 14.5 Å². The van der Waals surface area contributed by atoms with Crippen molar-refractivity contribution in [3.8, 4) is 0 Å². The smallest absolute Gasteiger partial charge is 0.257 e. The van der Waals surface area contributed by atoms with Gasteiger partial charge in [-0.25, -0.2) is 8.78 Å². The highest BCUT2D eigenvalue weighted by atomic mass is 35.5. The van der Waals surface area contributed by atoms with Gasteiger partial charge in [-0.1, -0.05) is 23.2 Å². The number of carbonyl (C=O) groups is 1. The van der Waals surface area contributed by atoms with Crippen LogP contribution in [0.15, 0.2) is 36.4 Å². The van der Waals surface area contributed by atoms with Gasteiger partial charge in [0.05, 0.1) is 21.3 Å². The fraction of sp³-hybridized carbons (Fsp3) is 0. The van der Waals surface area contributed by atoms with E-state index in [9.17, 15) is 13.6 Å². The Morgan fingerprint density at radius 3 is 2.11 bits per heavy atom. The van der Waals surface area contributed by atoms with Crippen LogP contribution in [-0.2, 0) is 0 Å². The van der Waals surface area contributed by atoms with E-state index < -0.39 is 17.5 Å². The normalized spacial score (nSPS) is 10.3. The maximum absolute atomic E-state index is 12.9. The highest BCUT2D eigenvalue weighted by Crippen LogP contribution is 2.24. The van der Waals surface area contributed by atoms with Crippen LogP contribution in [0.25, 0.3) is 0 Å². The van der Waals surface area contributed by atoms with Crippen LogP contribution in [0.1, 0.15) is 10.4 Å². The van der Waals surface area contributed by atoms with Crippen LogP contribution < -0.4 is 5.32 Å². The van der Waals surface area contributed by atoms with Gasteiger partial charge in [-0.15, -0.1) is 0 Å². The fourth-order valence-corrected chi connectivity index (χ4v) is 1.92. The van der Waals surface area contributed by atoms with Crippen molar-refractivity contribution in [2.24, 2.45) is 0 Å². The van der Waals surface area contributed by atoms with Crippen molar-refractivity contribution in [1.29, 1.82) is 0 Å². The molecule has 0 fully saturated rings. The van der Waals surface area contributed by atoms with Crippen molar-refractivity contribution < 1.29 is 13.6 Å². The molecule has 0 saturated carbocycles. The lowest BCUT2D eigenvalue weighted by molar-refractivity contribution is 0.102. The molecule has 2 nitrogen and oxygen atoms in total. The van der Waals surface area contributed by atoms with Crippen LogP contribution in [0.2, 0.25) is 10.0 Å². The Morgan fingerprint density at radius 2 is 1.53 bits per heavy atom. The summed E-state index contributed by atoms with van der Waals surface area (Å²) in [6.45, 7) is 0. The first-order chi connectivity index (χ1) is 8.97. The highest BCUT2D eigenvalue weighted by Gasteiger charge is 2.13. The highest BCUT2D eigenvalue weighted by molar-refractivity contribution is 6.35. The van der Waals surface area contributed by atoms with Crippen LogP contribution in [0.3, 0.4) is 0 Å². The van der Waals surface area contributed by atoms with E-state index in [-0.39, 0.29) is 21.3 Å². The third kappa shape index (κ3) is 3.22. The molecule has 2 rings (SSSR count). The standard InChI is InChI=1S/C13H7Cl2F2NO/c14-10-5-7(16)1-3-9(10)13(19)18-12-4-2-8(17)6-11(12)15/h1-6H,(H,18,19). The maximum atomic E-state index is 12.9. The molecule has 98 valence electrons. The molecule has 6 heteroatoms. The average Bonchev–Trinajstić information content (AvgIpc) is 2.32. The lowest BCUT2D eigenvalue weighted by atomic mass is 10.2. The lowest BCUT2D eigenvalue weighted by Gasteiger charge is -2.08. The van der Waals surface area contributed by atoms with Crippen LogP contribution in [-0.4, -0.2) is 5.91 Å². The van der Waals surface area contributed by atoms with Gasteiger partial charge >= 0.3 is 0 Å². The molecule has 0 aliphatic rings. The second-order valence-corrected chi connectivity index (χ2v) is 4.52. The molecule has 1 N–H and O–H groups in total.